The summed E-state index contributed by atoms with van der Waals surface area (Å²) in [7, 11) is 2.08. The van der Waals surface area contributed by atoms with E-state index in [0.717, 1.165) is 39.4 Å². The van der Waals surface area contributed by atoms with Crippen LogP contribution in [-0.2, 0) is 7.05 Å². The minimum atomic E-state index is 0.913. The minimum absolute atomic E-state index is 0.913. The van der Waals surface area contributed by atoms with Crippen LogP contribution in [0.25, 0.3) is 33.6 Å². The molecule has 0 unspecified atom stereocenters. The summed E-state index contributed by atoms with van der Waals surface area (Å²) in [6, 6.07) is 18.7. The number of aromatic nitrogens is 5. The molecule has 0 saturated heterocycles. The molecule has 0 N–H and O–H groups in total. The Kier molecular flexibility index (Phi) is 3.37. The molecule has 0 radical (unpaired) electrons. The lowest BCUT2D eigenvalue weighted by Crippen LogP contribution is -2.41. The normalized spacial score (nSPS) is 11.5. The molecule has 27 heavy (non-hydrogen) atoms. The summed E-state index contributed by atoms with van der Waals surface area (Å²) in [6.07, 6.45) is 3.71. The number of fused-ring (bicyclic) bond motifs is 3. The highest BCUT2D eigenvalue weighted by molar-refractivity contribution is 5.81. The van der Waals surface area contributed by atoms with Crippen molar-refractivity contribution < 1.29 is 4.68 Å². The van der Waals surface area contributed by atoms with Gasteiger partial charge in [-0.3, -0.25) is 4.98 Å². The highest BCUT2D eigenvalue weighted by Crippen LogP contribution is 2.30. The van der Waals surface area contributed by atoms with Crippen molar-refractivity contribution in [1.82, 2.24) is 19.1 Å². The van der Waals surface area contributed by atoms with E-state index in [1.54, 1.807) is 6.20 Å². The Hall–Kier alpha value is -3.47. The molecule has 0 fully saturated rings. The summed E-state index contributed by atoms with van der Waals surface area (Å²) in [5.74, 6) is 2.04. The number of hydrogen-bond donors (Lipinski definition) is 0. The van der Waals surface area contributed by atoms with Crippen molar-refractivity contribution in [2.75, 3.05) is 0 Å². The molecule has 3 aromatic heterocycles. The van der Waals surface area contributed by atoms with E-state index in [0.29, 0.717) is 0 Å². The number of benzene rings is 2. The predicted octanol–water partition coefficient (Wildman–Crippen LogP) is 3.78. The van der Waals surface area contributed by atoms with Gasteiger partial charge in [0.1, 0.15) is 18.3 Å². The van der Waals surface area contributed by atoms with Crippen molar-refractivity contribution >= 4 is 16.8 Å². The maximum absolute atomic E-state index is 4.94. The van der Waals surface area contributed by atoms with Gasteiger partial charge in [0, 0.05) is 30.4 Å². The molecule has 5 nitrogen and oxygen atoms in total. The number of nitrogens with zero attached hydrogens (tertiary/aromatic N) is 5. The number of para-hydroxylation sites is 3. The van der Waals surface area contributed by atoms with Gasteiger partial charge in [-0.2, -0.15) is 14.1 Å². The highest BCUT2D eigenvalue weighted by Gasteiger charge is 2.27. The molecule has 0 saturated carbocycles. The third kappa shape index (κ3) is 2.21. The lowest BCUT2D eigenvalue weighted by Gasteiger charge is -2.12. The molecule has 5 aromatic rings. The molecule has 2 aromatic carbocycles. The first kappa shape index (κ1) is 15.8. The molecule has 0 amide bonds. The van der Waals surface area contributed by atoms with Gasteiger partial charge in [0.2, 0.25) is 0 Å². The number of pyridine rings is 1. The van der Waals surface area contributed by atoms with E-state index >= 15 is 0 Å². The fraction of sp³-hybridized carbons (Fsp3) is 0.136. The quantitative estimate of drug-likeness (QED) is 0.453. The summed E-state index contributed by atoms with van der Waals surface area (Å²) in [5.41, 5.74) is 6.68. The van der Waals surface area contributed by atoms with Gasteiger partial charge in [-0.05, 0) is 30.7 Å². The Morgan fingerprint density at radius 2 is 1.78 bits per heavy atom. The van der Waals surface area contributed by atoms with Crippen molar-refractivity contribution in [1.29, 1.82) is 0 Å². The van der Waals surface area contributed by atoms with Gasteiger partial charge >= 0.3 is 5.78 Å². The molecule has 0 spiro atoms. The Balaban J connectivity index is 1.92. The second kappa shape index (κ2) is 5.77. The van der Waals surface area contributed by atoms with Gasteiger partial charge in [0.05, 0.1) is 0 Å². The Bertz CT molecular complexity index is 1300. The van der Waals surface area contributed by atoms with Crippen LogP contribution in [0.4, 0.5) is 0 Å². The van der Waals surface area contributed by atoms with Crippen LogP contribution < -0.4 is 4.68 Å². The van der Waals surface area contributed by atoms with Crippen LogP contribution in [0.1, 0.15) is 11.4 Å². The smallest absolute Gasteiger partial charge is 0.264 e. The topological polar surface area (TPSA) is 39.0 Å². The summed E-state index contributed by atoms with van der Waals surface area (Å²) < 4.78 is 6.58. The summed E-state index contributed by atoms with van der Waals surface area (Å²) in [4.78, 5) is 9.25. The fourth-order valence-corrected chi connectivity index (χ4v) is 3.84. The van der Waals surface area contributed by atoms with Gasteiger partial charge in [0.15, 0.2) is 5.52 Å². The third-order valence-corrected chi connectivity index (χ3v) is 5.25. The zero-order valence-electron chi connectivity index (χ0n) is 15.6. The van der Waals surface area contributed by atoms with Crippen LogP contribution in [0.5, 0.6) is 0 Å². The van der Waals surface area contributed by atoms with Crippen molar-refractivity contribution in [3.63, 3.8) is 0 Å². The standard InChI is InChI=1S/C22H20N5/c1-15-8-6-10-18(17-9-7-13-23-14-17)21(15)27-22-24-19-11-4-5-12-20(19)26(22)16(2)25(27)3/h4-14H,1-3H3/q+1. The highest BCUT2D eigenvalue weighted by atomic mass is 15.5. The number of hydrogen-bond acceptors (Lipinski definition) is 2. The van der Waals surface area contributed by atoms with Gasteiger partial charge in [-0.15, -0.1) is 4.68 Å². The summed E-state index contributed by atoms with van der Waals surface area (Å²) >= 11 is 0. The molecule has 0 aliphatic rings. The van der Waals surface area contributed by atoms with E-state index in [4.69, 9.17) is 4.98 Å². The molecular weight excluding hydrogens is 334 g/mol. The SMILES string of the molecule is Cc1cccc(-c2cccnc2)c1-n1c2nc3ccccc3n2c(C)[n+]1C. The van der Waals surface area contributed by atoms with Crippen LogP contribution in [-0.4, -0.2) is 19.1 Å². The van der Waals surface area contributed by atoms with Crippen LogP contribution in [0.3, 0.4) is 0 Å². The van der Waals surface area contributed by atoms with Crippen LogP contribution >= 0.6 is 0 Å². The van der Waals surface area contributed by atoms with Crippen LogP contribution in [0, 0.1) is 13.8 Å². The van der Waals surface area contributed by atoms with Gasteiger partial charge in [-0.25, -0.2) is 0 Å². The zero-order valence-corrected chi connectivity index (χ0v) is 15.6. The van der Waals surface area contributed by atoms with E-state index in [1.165, 1.54) is 5.56 Å². The molecule has 5 heteroatoms. The van der Waals surface area contributed by atoms with Gasteiger partial charge in [-0.1, -0.05) is 36.4 Å². The van der Waals surface area contributed by atoms with Crippen LogP contribution in [0.15, 0.2) is 67.0 Å². The summed E-state index contributed by atoms with van der Waals surface area (Å²) in [5, 5.41) is 0. The van der Waals surface area contributed by atoms with Crippen molar-refractivity contribution in [2.45, 2.75) is 13.8 Å². The first-order chi connectivity index (χ1) is 13.2. The summed E-state index contributed by atoms with van der Waals surface area (Å²) in [6.45, 7) is 4.27. The molecule has 132 valence electrons. The molecular formula is C22H20N5+. The zero-order chi connectivity index (χ0) is 18.5. The van der Waals surface area contributed by atoms with E-state index in [2.05, 4.69) is 82.1 Å². The lowest BCUT2D eigenvalue weighted by atomic mass is 10.0. The molecule has 0 aliphatic heterocycles. The second-order valence-electron chi connectivity index (χ2n) is 6.83. The van der Waals surface area contributed by atoms with Crippen molar-refractivity contribution in [3.05, 3.63) is 78.4 Å². The number of rotatable bonds is 2. The lowest BCUT2D eigenvalue weighted by molar-refractivity contribution is -0.749. The first-order valence-corrected chi connectivity index (χ1v) is 9.02. The third-order valence-electron chi connectivity index (χ3n) is 5.25. The molecule has 3 heterocycles. The Labute approximate surface area is 157 Å². The average molecular weight is 354 g/mol. The minimum Gasteiger partial charge on any atom is -0.264 e. The maximum atomic E-state index is 4.94. The second-order valence-corrected chi connectivity index (χ2v) is 6.83. The Morgan fingerprint density at radius 3 is 2.59 bits per heavy atom. The van der Waals surface area contributed by atoms with E-state index in [1.807, 2.05) is 18.3 Å². The van der Waals surface area contributed by atoms with Crippen molar-refractivity contribution in [2.24, 2.45) is 7.05 Å². The van der Waals surface area contributed by atoms with Gasteiger partial charge < -0.3 is 0 Å². The molecule has 0 atom stereocenters. The number of imidazole rings is 1. The fourth-order valence-electron chi connectivity index (χ4n) is 3.84. The number of aryl methyl sites for hydroxylation is 2. The monoisotopic (exact) mass is 354 g/mol. The van der Waals surface area contributed by atoms with Crippen molar-refractivity contribution in [3.8, 4) is 16.8 Å². The first-order valence-electron chi connectivity index (χ1n) is 9.02. The predicted molar refractivity (Wildman–Crippen MR) is 106 cm³/mol. The molecule has 0 aliphatic carbocycles. The average Bonchev–Trinajstić information content (AvgIpc) is 3.18. The van der Waals surface area contributed by atoms with E-state index in [-0.39, 0.29) is 0 Å². The van der Waals surface area contributed by atoms with Gasteiger partial charge in [0.25, 0.3) is 5.82 Å². The van der Waals surface area contributed by atoms with E-state index in [9.17, 15) is 0 Å². The van der Waals surface area contributed by atoms with E-state index < -0.39 is 0 Å². The largest absolute Gasteiger partial charge is 0.344 e. The van der Waals surface area contributed by atoms with Crippen LogP contribution in [0.2, 0.25) is 0 Å². The Morgan fingerprint density at radius 1 is 0.926 bits per heavy atom. The maximum Gasteiger partial charge on any atom is 0.344 e. The molecule has 0 bridgehead atoms. The molecule has 5 rings (SSSR count).